The van der Waals surface area contributed by atoms with Crippen LogP contribution in [0.4, 0.5) is 5.00 Å². The van der Waals surface area contributed by atoms with E-state index in [1.807, 2.05) is 54.8 Å². The molecular formula is C27H23N3O3S2. The van der Waals surface area contributed by atoms with Gasteiger partial charge in [0.25, 0.3) is 10.0 Å². The summed E-state index contributed by atoms with van der Waals surface area (Å²) < 4.78 is 27.8. The average Bonchev–Trinajstić information content (AvgIpc) is 3.51. The predicted molar refractivity (Wildman–Crippen MR) is 140 cm³/mol. The largest absolute Gasteiger partial charge is 0.300 e. The van der Waals surface area contributed by atoms with Crippen LogP contribution in [0.25, 0.3) is 22.2 Å². The first kappa shape index (κ1) is 23.0. The molecule has 0 saturated heterocycles. The van der Waals surface area contributed by atoms with Gasteiger partial charge < -0.3 is 0 Å². The van der Waals surface area contributed by atoms with Crippen LogP contribution in [0.15, 0.2) is 95.5 Å². The van der Waals surface area contributed by atoms with Crippen LogP contribution in [0.1, 0.15) is 18.1 Å². The average molecular weight is 502 g/mol. The lowest BCUT2D eigenvalue weighted by Crippen LogP contribution is -2.26. The van der Waals surface area contributed by atoms with Crippen molar-refractivity contribution in [3.8, 4) is 11.1 Å². The highest BCUT2D eigenvalue weighted by Crippen LogP contribution is 2.36. The first-order valence-corrected chi connectivity index (χ1v) is 13.4. The number of carbonyl (C=O) groups excluding carboxylic acids is 1. The molecule has 0 fully saturated rings. The number of nitrogens with zero attached hydrogens (tertiary/aromatic N) is 3. The van der Waals surface area contributed by atoms with Gasteiger partial charge >= 0.3 is 0 Å². The van der Waals surface area contributed by atoms with Crippen molar-refractivity contribution in [2.75, 3.05) is 4.90 Å². The molecule has 0 bridgehead atoms. The molecule has 0 saturated carbocycles. The number of benzene rings is 2. The minimum atomic E-state index is -3.79. The van der Waals surface area contributed by atoms with Gasteiger partial charge in [-0.2, -0.15) is 0 Å². The molecule has 5 rings (SSSR count). The van der Waals surface area contributed by atoms with Crippen LogP contribution >= 0.6 is 11.3 Å². The number of rotatable bonds is 6. The maximum atomic E-state index is 13.3. The molecule has 0 aliphatic carbocycles. The van der Waals surface area contributed by atoms with Crippen molar-refractivity contribution in [3.63, 3.8) is 0 Å². The number of amides is 1. The first-order valence-electron chi connectivity index (χ1n) is 11.0. The van der Waals surface area contributed by atoms with Gasteiger partial charge in [-0.3, -0.25) is 9.69 Å². The normalized spacial score (nSPS) is 11.6. The number of anilines is 1. The molecule has 8 heteroatoms. The van der Waals surface area contributed by atoms with Crippen LogP contribution in [0.2, 0.25) is 0 Å². The second kappa shape index (κ2) is 9.13. The standard InChI is InChI=1S/C27H23N3O3S2/c1-19-8-10-23(11-9-19)35(32,33)30-15-13-25-24(12-14-28-27(25)30)22-16-26(34-18-22)29(20(2)31)17-21-6-4-3-5-7-21/h3-16,18H,17H2,1-2H3. The molecule has 0 N–H and O–H groups in total. The highest BCUT2D eigenvalue weighted by molar-refractivity contribution is 7.90. The SMILES string of the molecule is CC(=O)N(Cc1ccccc1)c1cc(-c2ccnc3c2ccn3S(=O)(=O)c2ccc(C)cc2)cs1. The Morgan fingerprint density at radius 2 is 1.77 bits per heavy atom. The summed E-state index contributed by atoms with van der Waals surface area (Å²) in [6, 6.07) is 22.2. The Morgan fingerprint density at radius 1 is 1.03 bits per heavy atom. The number of hydrogen-bond donors (Lipinski definition) is 0. The van der Waals surface area contributed by atoms with E-state index < -0.39 is 10.0 Å². The van der Waals surface area contributed by atoms with Gasteiger partial charge in [0.15, 0.2) is 5.65 Å². The summed E-state index contributed by atoms with van der Waals surface area (Å²) in [5, 5.41) is 3.54. The van der Waals surface area contributed by atoms with Crippen molar-refractivity contribution in [1.29, 1.82) is 0 Å². The van der Waals surface area contributed by atoms with E-state index in [1.165, 1.54) is 15.3 Å². The van der Waals surface area contributed by atoms with Gasteiger partial charge in [-0.1, -0.05) is 48.0 Å². The Kier molecular flexibility index (Phi) is 6.00. The molecular weight excluding hydrogens is 478 g/mol. The van der Waals surface area contributed by atoms with Gasteiger partial charge in [-0.25, -0.2) is 17.4 Å². The molecule has 2 aromatic carbocycles. The van der Waals surface area contributed by atoms with Crippen molar-refractivity contribution in [2.45, 2.75) is 25.3 Å². The van der Waals surface area contributed by atoms with Crippen LogP contribution in [-0.4, -0.2) is 23.3 Å². The lowest BCUT2D eigenvalue weighted by molar-refractivity contribution is -0.116. The summed E-state index contributed by atoms with van der Waals surface area (Å²) in [5.41, 5.74) is 4.16. The van der Waals surface area contributed by atoms with Crippen molar-refractivity contribution >= 4 is 43.3 Å². The molecule has 3 heterocycles. The number of hydrogen-bond acceptors (Lipinski definition) is 5. The smallest absolute Gasteiger partial charge is 0.269 e. The molecule has 0 radical (unpaired) electrons. The molecule has 35 heavy (non-hydrogen) atoms. The zero-order chi connectivity index (χ0) is 24.6. The quantitative estimate of drug-likeness (QED) is 0.292. The second-order valence-corrected chi connectivity index (χ2v) is 11.0. The van der Waals surface area contributed by atoms with Gasteiger partial charge in [-0.15, -0.1) is 11.3 Å². The number of pyridine rings is 1. The van der Waals surface area contributed by atoms with Crippen molar-refractivity contribution in [3.05, 3.63) is 102 Å². The Labute approximate surface area is 208 Å². The summed E-state index contributed by atoms with van der Waals surface area (Å²) in [6.45, 7) is 3.95. The molecule has 0 unspecified atom stereocenters. The molecule has 3 aromatic heterocycles. The molecule has 0 spiro atoms. The van der Waals surface area contributed by atoms with Crippen LogP contribution in [0.3, 0.4) is 0 Å². The van der Waals surface area contributed by atoms with Crippen molar-refractivity contribution < 1.29 is 13.2 Å². The topological polar surface area (TPSA) is 72.3 Å². The van der Waals surface area contributed by atoms with Gasteiger partial charge in [0.1, 0.15) is 0 Å². The van der Waals surface area contributed by atoms with Crippen molar-refractivity contribution in [1.82, 2.24) is 8.96 Å². The van der Waals surface area contributed by atoms with E-state index in [2.05, 4.69) is 4.98 Å². The van der Waals surface area contributed by atoms with Gasteiger partial charge in [0, 0.05) is 30.1 Å². The van der Waals surface area contributed by atoms with Gasteiger partial charge in [0.05, 0.1) is 16.4 Å². The Bertz CT molecular complexity index is 1620. The third kappa shape index (κ3) is 4.38. The lowest BCUT2D eigenvalue weighted by Gasteiger charge is -2.19. The predicted octanol–water partition coefficient (Wildman–Crippen LogP) is 5.86. The van der Waals surface area contributed by atoms with Crippen LogP contribution in [0.5, 0.6) is 0 Å². The van der Waals surface area contributed by atoms with Crippen LogP contribution < -0.4 is 4.90 Å². The van der Waals surface area contributed by atoms with E-state index in [4.69, 9.17) is 0 Å². The summed E-state index contributed by atoms with van der Waals surface area (Å²) in [7, 11) is -3.79. The first-order chi connectivity index (χ1) is 16.8. The molecule has 0 aliphatic heterocycles. The number of thiophene rings is 1. The van der Waals surface area contributed by atoms with Crippen molar-refractivity contribution in [2.24, 2.45) is 0 Å². The van der Waals surface area contributed by atoms with Gasteiger partial charge in [0.2, 0.25) is 5.91 Å². The highest BCUT2D eigenvalue weighted by Gasteiger charge is 2.22. The van der Waals surface area contributed by atoms with Gasteiger partial charge in [-0.05, 0) is 53.9 Å². The molecule has 1 amide bonds. The van der Waals surface area contributed by atoms with E-state index in [9.17, 15) is 13.2 Å². The Hall–Kier alpha value is -3.75. The number of fused-ring (bicyclic) bond motifs is 1. The Morgan fingerprint density at radius 3 is 2.49 bits per heavy atom. The lowest BCUT2D eigenvalue weighted by atomic mass is 10.1. The minimum absolute atomic E-state index is 0.0440. The maximum absolute atomic E-state index is 13.3. The summed E-state index contributed by atoms with van der Waals surface area (Å²) in [5.74, 6) is -0.0440. The summed E-state index contributed by atoms with van der Waals surface area (Å²) in [6.07, 6.45) is 3.16. The molecule has 0 atom stereocenters. The number of carbonyl (C=O) groups is 1. The monoisotopic (exact) mass is 501 g/mol. The zero-order valence-electron chi connectivity index (χ0n) is 19.3. The van der Waals surface area contributed by atoms with E-state index >= 15 is 0 Å². The van der Waals surface area contributed by atoms with E-state index in [0.29, 0.717) is 12.2 Å². The van der Waals surface area contributed by atoms with E-state index in [1.54, 1.807) is 54.5 Å². The third-order valence-electron chi connectivity index (χ3n) is 5.86. The fourth-order valence-corrected chi connectivity index (χ4v) is 6.26. The van der Waals surface area contributed by atoms with Crippen LogP contribution in [0, 0.1) is 6.92 Å². The molecule has 5 aromatic rings. The maximum Gasteiger partial charge on any atom is 0.269 e. The van der Waals surface area contributed by atoms with E-state index in [0.717, 1.165) is 32.6 Å². The molecule has 176 valence electrons. The third-order valence-corrected chi connectivity index (χ3v) is 8.49. The zero-order valence-corrected chi connectivity index (χ0v) is 20.9. The van der Waals surface area contributed by atoms with Crippen LogP contribution in [-0.2, 0) is 21.4 Å². The Balaban J connectivity index is 1.53. The molecule has 0 aliphatic rings. The molecule has 6 nitrogen and oxygen atoms in total. The minimum Gasteiger partial charge on any atom is -0.300 e. The number of aromatic nitrogens is 2. The summed E-state index contributed by atoms with van der Waals surface area (Å²) >= 11 is 1.48. The van der Waals surface area contributed by atoms with E-state index in [-0.39, 0.29) is 10.8 Å². The fourth-order valence-electron chi connectivity index (χ4n) is 4.00. The number of aryl methyl sites for hydroxylation is 1. The second-order valence-electron chi connectivity index (χ2n) is 8.29. The summed E-state index contributed by atoms with van der Waals surface area (Å²) in [4.78, 5) is 18.8. The fraction of sp³-hybridized carbons (Fsp3) is 0.111. The highest BCUT2D eigenvalue weighted by atomic mass is 32.2.